The first-order valence-corrected chi connectivity index (χ1v) is 10.7. The quantitative estimate of drug-likeness (QED) is 0.432. The van der Waals surface area contributed by atoms with E-state index >= 15 is 0 Å². The molecule has 0 radical (unpaired) electrons. The van der Waals surface area contributed by atoms with Gasteiger partial charge in [-0.2, -0.15) is 5.10 Å². The normalized spacial score (nSPS) is 15.3. The second-order valence-corrected chi connectivity index (χ2v) is 7.77. The van der Waals surface area contributed by atoms with Crippen LogP contribution in [-0.4, -0.2) is 40.8 Å². The molecule has 1 aromatic heterocycles. The summed E-state index contributed by atoms with van der Waals surface area (Å²) in [6, 6.07) is 16.6. The van der Waals surface area contributed by atoms with Crippen molar-refractivity contribution in [1.29, 1.82) is 0 Å². The second kappa shape index (κ2) is 8.90. The van der Waals surface area contributed by atoms with Gasteiger partial charge in [0, 0.05) is 24.4 Å². The number of benzene rings is 3. The lowest BCUT2D eigenvalue weighted by Gasteiger charge is -2.22. The zero-order chi connectivity index (χ0) is 23.7. The molecule has 34 heavy (non-hydrogen) atoms. The summed E-state index contributed by atoms with van der Waals surface area (Å²) in [7, 11) is 3.13. The lowest BCUT2D eigenvalue weighted by Crippen LogP contribution is -2.27. The fourth-order valence-corrected chi connectivity index (χ4v) is 4.09. The van der Waals surface area contributed by atoms with Gasteiger partial charge in [0.2, 0.25) is 0 Å². The molecule has 0 saturated heterocycles. The topological polar surface area (TPSA) is 76.9 Å². The van der Waals surface area contributed by atoms with E-state index in [0.29, 0.717) is 29.1 Å². The highest BCUT2D eigenvalue weighted by molar-refractivity contribution is 6.05. The van der Waals surface area contributed by atoms with Crippen molar-refractivity contribution in [2.45, 2.75) is 12.5 Å². The second-order valence-electron chi connectivity index (χ2n) is 7.77. The van der Waals surface area contributed by atoms with Crippen LogP contribution in [0.25, 0.3) is 11.0 Å². The largest absolute Gasteiger partial charge is 0.493 e. The van der Waals surface area contributed by atoms with Gasteiger partial charge in [0.1, 0.15) is 5.82 Å². The predicted molar refractivity (Wildman–Crippen MR) is 126 cm³/mol. The van der Waals surface area contributed by atoms with Crippen LogP contribution in [0, 0.1) is 5.82 Å². The van der Waals surface area contributed by atoms with Gasteiger partial charge in [0.15, 0.2) is 11.5 Å². The number of methoxy groups -OCH3 is 2. The monoisotopic (exact) mass is 456 g/mol. The van der Waals surface area contributed by atoms with E-state index < -0.39 is 17.8 Å². The molecule has 0 saturated carbocycles. The summed E-state index contributed by atoms with van der Waals surface area (Å²) in [6.45, 7) is 0. The van der Waals surface area contributed by atoms with Gasteiger partial charge in [-0.05, 0) is 48.0 Å². The van der Waals surface area contributed by atoms with E-state index in [1.54, 1.807) is 44.8 Å². The van der Waals surface area contributed by atoms with Crippen LogP contribution in [0.15, 0.2) is 78.2 Å². The fourth-order valence-electron chi connectivity index (χ4n) is 4.09. The third-order valence-corrected chi connectivity index (χ3v) is 5.82. The van der Waals surface area contributed by atoms with Gasteiger partial charge in [0.05, 0.1) is 42.6 Å². The number of hydrogen-bond acceptors (Lipinski definition) is 6. The van der Waals surface area contributed by atoms with E-state index in [2.05, 4.69) is 15.1 Å². The van der Waals surface area contributed by atoms with Crippen molar-refractivity contribution in [2.75, 3.05) is 14.2 Å². The van der Waals surface area contributed by atoms with Crippen LogP contribution in [0.3, 0.4) is 0 Å². The van der Waals surface area contributed by atoms with Crippen molar-refractivity contribution in [3.8, 4) is 11.5 Å². The molecule has 8 heteroatoms. The number of rotatable bonds is 5. The third-order valence-electron chi connectivity index (χ3n) is 5.82. The Bertz CT molecular complexity index is 1420. The van der Waals surface area contributed by atoms with Crippen LogP contribution in [0.1, 0.15) is 33.9 Å². The Morgan fingerprint density at radius 2 is 1.71 bits per heavy atom. The average molecular weight is 456 g/mol. The number of nitrogens with zero attached hydrogens (tertiary/aromatic N) is 4. The van der Waals surface area contributed by atoms with Crippen LogP contribution in [0.4, 0.5) is 4.39 Å². The summed E-state index contributed by atoms with van der Waals surface area (Å²) >= 11 is 0. The Balaban J connectivity index is 1.59. The molecule has 5 rings (SSSR count). The number of hydrogen-bond donors (Lipinski definition) is 0. The highest BCUT2D eigenvalue weighted by Gasteiger charge is 2.35. The lowest BCUT2D eigenvalue weighted by molar-refractivity contribution is 0.0706. The molecule has 0 spiro atoms. The molecule has 7 nitrogen and oxygen atoms in total. The Morgan fingerprint density at radius 3 is 2.47 bits per heavy atom. The van der Waals surface area contributed by atoms with Crippen LogP contribution in [0.5, 0.6) is 11.5 Å². The van der Waals surface area contributed by atoms with Crippen LogP contribution in [-0.2, 0) is 0 Å². The number of fused-ring (bicyclic) bond motifs is 1. The fraction of sp³-hybridized carbons (Fsp3) is 0.154. The van der Waals surface area contributed by atoms with E-state index in [9.17, 15) is 9.18 Å². The predicted octanol–water partition coefficient (Wildman–Crippen LogP) is 4.78. The molecule has 0 fully saturated rings. The van der Waals surface area contributed by atoms with Gasteiger partial charge < -0.3 is 9.47 Å². The maximum atomic E-state index is 14.5. The molecule has 1 amide bonds. The average Bonchev–Trinajstić information content (AvgIpc) is 3.33. The number of halogens is 1. The summed E-state index contributed by atoms with van der Waals surface area (Å²) in [5.41, 5.74) is 3.71. The third kappa shape index (κ3) is 3.83. The van der Waals surface area contributed by atoms with Gasteiger partial charge >= 0.3 is 0 Å². The maximum absolute atomic E-state index is 14.5. The molecule has 1 atom stereocenters. The Labute approximate surface area is 195 Å². The first-order valence-electron chi connectivity index (χ1n) is 10.7. The lowest BCUT2D eigenvalue weighted by atomic mass is 9.97. The minimum absolute atomic E-state index is 0.0367. The Morgan fingerprint density at radius 1 is 0.941 bits per heavy atom. The van der Waals surface area contributed by atoms with E-state index in [4.69, 9.17) is 9.47 Å². The summed E-state index contributed by atoms with van der Waals surface area (Å²) in [6.07, 6.45) is 3.68. The SMILES string of the molecule is COc1ccc(C2=NN(C(=O)c3ccccc3F)C(c3ccc4nccnc4c3)C2)cc1OC. The molecule has 1 aliphatic rings. The summed E-state index contributed by atoms with van der Waals surface area (Å²) < 4.78 is 25.3. The molecule has 0 bridgehead atoms. The minimum Gasteiger partial charge on any atom is -0.493 e. The zero-order valence-corrected chi connectivity index (χ0v) is 18.6. The van der Waals surface area contributed by atoms with E-state index in [1.807, 2.05) is 30.3 Å². The molecule has 1 unspecified atom stereocenters. The highest BCUT2D eigenvalue weighted by atomic mass is 19.1. The van der Waals surface area contributed by atoms with Gasteiger partial charge in [-0.1, -0.05) is 18.2 Å². The van der Waals surface area contributed by atoms with Crippen LogP contribution in [0.2, 0.25) is 0 Å². The maximum Gasteiger partial charge on any atom is 0.277 e. The smallest absolute Gasteiger partial charge is 0.277 e. The standard InChI is InChI=1S/C26H21FN4O3/c1-33-24-10-8-16(14-25(24)34-2)21-15-23(17-7-9-20-22(13-17)29-12-11-28-20)31(30-21)26(32)18-5-3-4-6-19(18)27/h3-14,23H,15H2,1-2H3. The number of hydrazone groups is 1. The number of ether oxygens (including phenoxy) is 2. The molecule has 3 aromatic carbocycles. The molecule has 4 aromatic rings. The van der Waals surface area contributed by atoms with Crippen LogP contribution < -0.4 is 9.47 Å². The highest BCUT2D eigenvalue weighted by Crippen LogP contribution is 2.37. The molecule has 170 valence electrons. The van der Waals surface area contributed by atoms with Crippen molar-refractivity contribution < 1.29 is 18.7 Å². The minimum atomic E-state index is -0.592. The van der Waals surface area contributed by atoms with Gasteiger partial charge in [-0.3, -0.25) is 14.8 Å². The van der Waals surface area contributed by atoms with E-state index in [0.717, 1.165) is 16.6 Å². The van der Waals surface area contributed by atoms with Crippen molar-refractivity contribution in [3.63, 3.8) is 0 Å². The molecular weight excluding hydrogens is 435 g/mol. The van der Waals surface area contributed by atoms with Crippen molar-refractivity contribution in [1.82, 2.24) is 15.0 Å². The van der Waals surface area contributed by atoms with Crippen molar-refractivity contribution in [2.24, 2.45) is 5.10 Å². The number of carbonyl (C=O) groups is 1. The number of carbonyl (C=O) groups excluding carboxylic acids is 1. The summed E-state index contributed by atoms with van der Waals surface area (Å²) in [5, 5.41) is 6.00. The van der Waals surface area contributed by atoms with E-state index in [1.165, 1.54) is 17.1 Å². The van der Waals surface area contributed by atoms with Gasteiger partial charge in [-0.15, -0.1) is 0 Å². The molecule has 0 aliphatic carbocycles. The number of aromatic nitrogens is 2. The molecular formula is C26H21FN4O3. The van der Waals surface area contributed by atoms with E-state index in [-0.39, 0.29) is 5.56 Å². The Hall–Kier alpha value is -4.33. The van der Waals surface area contributed by atoms with Gasteiger partial charge in [-0.25, -0.2) is 9.40 Å². The van der Waals surface area contributed by atoms with Crippen LogP contribution >= 0.6 is 0 Å². The first kappa shape index (κ1) is 21.5. The Kier molecular flexibility index (Phi) is 5.63. The van der Waals surface area contributed by atoms with Crippen molar-refractivity contribution >= 4 is 22.7 Å². The first-order chi connectivity index (χ1) is 16.6. The molecule has 2 heterocycles. The zero-order valence-electron chi connectivity index (χ0n) is 18.6. The van der Waals surface area contributed by atoms with Crippen molar-refractivity contribution in [3.05, 3.63) is 95.6 Å². The number of amides is 1. The summed E-state index contributed by atoms with van der Waals surface area (Å²) in [4.78, 5) is 22.1. The molecule has 0 N–H and O–H groups in total. The summed E-state index contributed by atoms with van der Waals surface area (Å²) in [5.74, 6) is 0.0381. The van der Waals surface area contributed by atoms with Gasteiger partial charge in [0.25, 0.3) is 5.91 Å². The molecule has 1 aliphatic heterocycles.